The minimum absolute atomic E-state index is 0.188. The van der Waals surface area contributed by atoms with Gasteiger partial charge in [-0.15, -0.1) is 11.8 Å². The lowest BCUT2D eigenvalue weighted by Gasteiger charge is -2.22. The van der Waals surface area contributed by atoms with Crippen molar-refractivity contribution in [1.82, 2.24) is 0 Å². The zero-order valence-electron chi connectivity index (χ0n) is 10.6. The highest BCUT2D eigenvalue weighted by atomic mass is 32.2. The summed E-state index contributed by atoms with van der Waals surface area (Å²) in [5.41, 5.74) is -0.482. The van der Waals surface area contributed by atoms with Crippen LogP contribution in [-0.2, 0) is 9.53 Å². The number of esters is 1. The van der Waals surface area contributed by atoms with E-state index in [2.05, 4.69) is 0 Å². The lowest BCUT2D eigenvalue weighted by atomic mass is 10.2. The number of hydrogen-bond acceptors (Lipinski definition) is 4. The van der Waals surface area contributed by atoms with E-state index in [4.69, 9.17) is 4.74 Å². The molecule has 1 unspecified atom stereocenters. The van der Waals surface area contributed by atoms with Gasteiger partial charge in [0.2, 0.25) is 0 Å². The standard InChI is InChI=1S/C13H18O3S/c1-9(12(15)16-13(2,3)4)17-11-8-6-5-7-10(11)14/h5-9,14H,1-4H3. The Morgan fingerprint density at radius 1 is 1.35 bits per heavy atom. The highest BCUT2D eigenvalue weighted by molar-refractivity contribution is 8.00. The first-order valence-corrected chi connectivity index (χ1v) is 6.35. The molecule has 0 bridgehead atoms. The fourth-order valence-electron chi connectivity index (χ4n) is 1.18. The molecule has 0 heterocycles. The third-order valence-electron chi connectivity index (χ3n) is 1.91. The molecule has 1 atom stereocenters. The Kier molecular flexibility index (Phi) is 4.46. The van der Waals surface area contributed by atoms with Crippen molar-refractivity contribution in [3.63, 3.8) is 0 Å². The normalized spacial score (nSPS) is 13.2. The summed E-state index contributed by atoms with van der Waals surface area (Å²) >= 11 is 1.29. The van der Waals surface area contributed by atoms with Crippen molar-refractivity contribution in [1.29, 1.82) is 0 Å². The monoisotopic (exact) mass is 254 g/mol. The summed E-state index contributed by atoms with van der Waals surface area (Å²) in [5.74, 6) is -0.0846. The number of carbonyl (C=O) groups excluding carboxylic acids is 1. The van der Waals surface area contributed by atoms with Crippen LogP contribution in [0.3, 0.4) is 0 Å². The van der Waals surface area contributed by atoms with Crippen LogP contribution in [0, 0.1) is 0 Å². The average Bonchev–Trinajstić information content (AvgIpc) is 2.18. The van der Waals surface area contributed by atoms with E-state index in [1.165, 1.54) is 11.8 Å². The van der Waals surface area contributed by atoms with E-state index < -0.39 is 5.60 Å². The van der Waals surface area contributed by atoms with Crippen molar-refractivity contribution in [2.24, 2.45) is 0 Å². The van der Waals surface area contributed by atoms with Crippen molar-refractivity contribution < 1.29 is 14.6 Å². The van der Waals surface area contributed by atoms with Crippen LogP contribution in [-0.4, -0.2) is 21.9 Å². The van der Waals surface area contributed by atoms with Crippen LogP contribution >= 0.6 is 11.8 Å². The molecule has 0 aliphatic heterocycles. The third kappa shape index (κ3) is 4.69. The molecule has 4 heteroatoms. The van der Waals surface area contributed by atoms with Gasteiger partial charge in [-0.05, 0) is 39.8 Å². The predicted molar refractivity (Wildman–Crippen MR) is 69.3 cm³/mol. The Bertz CT molecular complexity index is 396. The summed E-state index contributed by atoms with van der Waals surface area (Å²) in [6.45, 7) is 7.28. The SMILES string of the molecule is CC(Sc1ccccc1O)C(=O)OC(C)(C)C. The number of phenolic OH excluding ortho intramolecular Hbond substituents is 1. The minimum Gasteiger partial charge on any atom is -0.507 e. The maximum absolute atomic E-state index is 11.7. The number of thioether (sulfide) groups is 1. The number of hydrogen-bond donors (Lipinski definition) is 1. The van der Waals surface area contributed by atoms with E-state index >= 15 is 0 Å². The molecule has 0 radical (unpaired) electrons. The first-order chi connectivity index (χ1) is 7.79. The van der Waals surface area contributed by atoms with Gasteiger partial charge < -0.3 is 9.84 Å². The molecule has 0 fully saturated rings. The van der Waals surface area contributed by atoms with Gasteiger partial charge in [-0.25, -0.2) is 0 Å². The number of rotatable bonds is 3. The molecule has 0 saturated heterocycles. The van der Waals surface area contributed by atoms with Gasteiger partial charge in [0.25, 0.3) is 0 Å². The maximum atomic E-state index is 11.7. The molecule has 17 heavy (non-hydrogen) atoms. The highest BCUT2D eigenvalue weighted by Crippen LogP contribution is 2.31. The van der Waals surface area contributed by atoms with Crippen LogP contribution in [0.15, 0.2) is 29.2 Å². The quantitative estimate of drug-likeness (QED) is 0.664. The van der Waals surface area contributed by atoms with E-state index in [-0.39, 0.29) is 17.0 Å². The van der Waals surface area contributed by atoms with Crippen molar-refractivity contribution >= 4 is 17.7 Å². The lowest BCUT2D eigenvalue weighted by molar-refractivity contribution is -0.153. The average molecular weight is 254 g/mol. The molecule has 3 nitrogen and oxygen atoms in total. The fraction of sp³-hybridized carbons (Fsp3) is 0.462. The second-order valence-corrected chi connectivity index (χ2v) is 6.14. The first-order valence-electron chi connectivity index (χ1n) is 5.47. The number of phenols is 1. The Labute approximate surface area is 106 Å². The van der Waals surface area contributed by atoms with Crippen molar-refractivity contribution in [2.45, 2.75) is 43.4 Å². The van der Waals surface area contributed by atoms with Gasteiger partial charge in [-0.3, -0.25) is 4.79 Å². The topological polar surface area (TPSA) is 46.5 Å². The van der Waals surface area contributed by atoms with Crippen LogP contribution in [0.2, 0.25) is 0 Å². The molecule has 1 rings (SSSR count). The molecule has 0 amide bonds. The van der Waals surface area contributed by atoms with E-state index in [1.54, 1.807) is 25.1 Å². The smallest absolute Gasteiger partial charge is 0.319 e. The van der Waals surface area contributed by atoms with Gasteiger partial charge in [0, 0.05) is 4.90 Å². The van der Waals surface area contributed by atoms with Crippen LogP contribution in [0.25, 0.3) is 0 Å². The number of para-hydroxylation sites is 1. The lowest BCUT2D eigenvalue weighted by Crippen LogP contribution is -2.28. The van der Waals surface area contributed by atoms with Gasteiger partial charge in [-0.2, -0.15) is 0 Å². The minimum atomic E-state index is -0.482. The van der Waals surface area contributed by atoms with Crippen LogP contribution in [0.4, 0.5) is 0 Å². The number of carbonyl (C=O) groups is 1. The molecule has 0 aliphatic rings. The molecular formula is C13H18O3S. The van der Waals surface area contributed by atoms with E-state index in [0.29, 0.717) is 4.90 Å². The van der Waals surface area contributed by atoms with Crippen LogP contribution in [0.5, 0.6) is 5.75 Å². The summed E-state index contributed by atoms with van der Waals surface area (Å²) in [6.07, 6.45) is 0. The Hall–Kier alpha value is -1.16. The Morgan fingerprint density at radius 2 is 1.94 bits per heavy atom. The second kappa shape index (κ2) is 5.45. The van der Waals surface area contributed by atoms with Crippen molar-refractivity contribution in [3.8, 4) is 5.75 Å². The summed E-state index contributed by atoms with van der Waals surface area (Å²) in [7, 11) is 0. The molecular weight excluding hydrogens is 236 g/mol. The molecule has 1 aromatic rings. The first kappa shape index (κ1) is 13.9. The largest absolute Gasteiger partial charge is 0.507 e. The fourth-order valence-corrected chi connectivity index (χ4v) is 2.05. The van der Waals surface area contributed by atoms with Gasteiger partial charge >= 0.3 is 5.97 Å². The zero-order chi connectivity index (χ0) is 13.1. The molecule has 0 aliphatic carbocycles. The highest BCUT2D eigenvalue weighted by Gasteiger charge is 2.23. The third-order valence-corrected chi connectivity index (χ3v) is 3.05. The zero-order valence-corrected chi connectivity index (χ0v) is 11.4. The van der Waals surface area contributed by atoms with Gasteiger partial charge in [-0.1, -0.05) is 12.1 Å². The van der Waals surface area contributed by atoms with E-state index in [1.807, 2.05) is 26.8 Å². The molecule has 1 aromatic carbocycles. The molecule has 0 aromatic heterocycles. The van der Waals surface area contributed by atoms with E-state index in [9.17, 15) is 9.90 Å². The van der Waals surface area contributed by atoms with Crippen LogP contribution < -0.4 is 0 Å². The maximum Gasteiger partial charge on any atom is 0.319 e. The number of ether oxygens (including phenoxy) is 1. The Morgan fingerprint density at radius 3 is 2.47 bits per heavy atom. The molecule has 0 spiro atoms. The second-order valence-electron chi connectivity index (χ2n) is 4.76. The molecule has 1 N–H and O–H groups in total. The van der Waals surface area contributed by atoms with Crippen molar-refractivity contribution in [3.05, 3.63) is 24.3 Å². The summed E-state index contributed by atoms with van der Waals surface area (Å²) in [5, 5.41) is 9.26. The molecule has 0 saturated carbocycles. The predicted octanol–water partition coefficient (Wildman–Crippen LogP) is 3.21. The summed E-state index contributed by atoms with van der Waals surface area (Å²) in [6, 6.07) is 6.95. The number of aromatic hydroxyl groups is 1. The Balaban J connectivity index is 2.64. The van der Waals surface area contributed by atoms with Crippen LogP contribution in [0.1, 0.15) is 27.7 Å². The van der Waals surface area contributed by atoms with Crippen molar-refractivity contribution in [2.75, 3.05) is 0 Å². The van der Waals surface area contributed by atoms with Gasteiger partial charge in [0.05, 0.1) is 0 Å². The molecule has 94 valence electrons. The summed E-state index contributed by atoms with van der Waals surface area (Å²) in [4.78, 5) is 12.4. The van der Waals surface area contributed by atoms with Gasteiger partial charge in [0.15, 0.2) is 0 Å². The van der Waals surface area contributed by atoms with Gasteiger partial charge in [0.1, 0.15) is 16.6 Å². The summed E-state index contributed by atoms with van der Waals surface area (Å²) < 4.78 is 5.27. The van der Waals surface area contributed by atoms with E-state index in [0.717, 1.165) is 0 Å². The number of benzene rings is 1.